The molecular weight excluding hydrogens is 345 g/mol. The molecule has 0 amide bonds. The quantitative estimate of drug-likeness (QED) is 0.766. The second-order valence-corrected chi connectivity index (χ2v) is 7.42. The number of rotatable bonds is 7. The van der Waals surface area contributed by atoms with Gasteiger partial charge in [-0.15, -0.1) is 0 Å². The van der Waals surface area contributed by atoms with Crippen LogP contribution in [0.5, 0.6) is 0 Å². The van der Waals surface area contributed by atoms with Crippen molar-refractivity contribution in [3.8, 4) is 0 Å². The molecule has 2 rings (SSSR count). The molecule has 0 saturated carbocycles. The summed E-state index contributed by atoms with van der Waals surface area (Å²) < 4.78 is 44.6. The lowest BCUT2D eigenvalue weighted by atomic mass is 10.2. The number of aromatic nitrogens is 2. The summed E-state index contributed by atoms with van der Waals surface area (Å²) in [5.74, 6) is 0.671. The Hall–Kier alpha value is -1.51. The average molecular weight is 362 g/mol. The zero-order valence-electron chi connectivity index (χ0n) is 12.7. The van der Waals surface area contributed by atoms with E-state index in [1.54, 1.807) is 0 Å². The fraction of sp³-hybridized carbons (Fsp3) is 0.429. The number of benzene rings is 1. The molecule has 0 saturated heterocycles. The minimum atomic E-state index is -3.79. The molecule has 0 bridgehead atoms. The maximum Gasteiger partial charge on any atom is 0.242 e. The summed E-state index contributed by atoms with van der Waals surface area (Å²) in [6.07, 6.45) is 0.942. The van der Waals surface area contributed by atoms with Gasteiger partial charge in [-0.3, -0.25) is 0 Å². The zero-order chi connectivity index (χ0) is 17.0. The molecule has 1 aromatic carbocycles. The van der Waals surface area contributed by atoms with E-state index in [1.807, 2.05) is 13.8 Å². The smallest absolute Gasteiger partial charge is 0.242 e. The molecule has 0 unspecified atom stereocenters. The molecule has 0 fully saturated rings. The van der Waals surface area contributed by atoms with E-state index in [2.05, 4.69) is 14.9 Å². The number of hydrogen-bond donors (Lipinski definition) is 1. The van der Waals surface area contributed by atoms with E-state index >= 15 is 0 Å². The number of hydrogen-bond acceptors (Lipinski definition) is 5. The summed E-state index contributed by atoms with van der Waals surface area (Å²) in [5.41, 5.74) is 0. The molecular formula is C14H17ClFN3O3S. The van der Waals surface area contributed by atoms with Gasteiger partial charge < -0.3 is 4.52 Å². The fourth-order valence-corrected chi connectivity index (χ4v) is 3.42. The van der Waals surface area contributed by atoms with Crippen LogP contribution < -0.4 is 4.72 Å². The third kappa shape index (κ3) is 4.73. The lowest BCUT2D eigenvalue weighted by molar-refractivity contribution is 0.368. The molecule has 0 aliphatic rings. The van der Waals surface area contributed by atoms with Crippen LogP contribution in [0.1, 0.15) is 37.9 Å². The van der Waals surface area contributed by atoms with Gasteiger partial charge >= 0.3 is 0 Å². The molecule has 0 aliphatic heterocycles. The van der Waals surface area contributed by atoms with Crippen molar-refractivity contribution in [1.82, 2.24) is 14.9 Å². The van der Waals surface area contributed by atoms with Crippen molar-refractivity contribution in [3.05, 3.63) is 40.8 Å². The summed E-state index contributed by atoms with van der Waals surface area (Å²) in [5, 5.41) is 3.68. The van der Waals surface area contributed by atoms with Crippen LogP contribution in [0, 0.1) is 5.82 Å². The number of nitrogens with one attached hydrogen (secondary N) is 1. The zero-order valence-corrected chi connectivity index (χ0v) is 14.3. The van der Waals surface area contributed by atoms with Gasteiger partial charge in [0.15, 0.2) is 5.82 Å². The molecule has 1 N–H and O–H groups in total. The molecule has 0 spiro atoms. The maximum absolute atomic E-state index is 13.0. The molecule has 0 radical (unpaired) electrons. The normalized spacial score (nSPS) is 12.0. The van der Waals surface area contributed by atoms with Crippen LogP contribution >= 0.6 is 11.6 Å². The molecule has 9 heteroatoms. The Balaban J connectivity index is 1.89. The topological polar surface area (TPSA) is 85.1 Å². The van der Waals surface area contributed by atoms with Gasteiger partial charge in [0.05, 0.1) is 5.02 Å². The van der Waals surface area contributed by atoms with E-state index in [4.69, 9.17) is 16.1 Å². The Kier molecular flexibility index (Phi) is 5.72. The highest BCUT2D eigenvalue weighted by Crippen LogP contribution is 2.21. The Labute approximate surface area is 139 Å². The van der Waals surface area contributed by atoms with E-state index in [0.29, 0.717) is 24.6 Å². The van der Waals surface area contributed by atoms with Gasteiger partial charge in [-0.05, 0) is 24.6 Å². The Bertz CT molecular complexity index is 777. The predicted molar refractivity (Wildman–Crippen MR) is 83.3 cm³/mol. The van der Waals surface area contributed by atoms with Crippen molar-refractivity contribution in [1.29, 1.82) is 0 Å². The van der Waals surface area contributed by atoms with Crippen LogP contribution in [0.15, 0.2) is 27.6 Å². The highest BCUT2D eigenvalue weighted by atomic mass is 35.5. The van der Waals surface area contributed by atoms with Crippen LogP contribution in [0.3, 0.4) is 0 Å². The first-order valence-electron chi connectivity index (χ1n) is 7.07. The van der Waals surface area contributed by atoms with Gasteiger partial charge in [-0.25, -0.2) is 17.5 Å². The monoisotopic (exact) mass is 361 g/mol. The lowest BCUT2D eigenvalue weighted by Gasteiger charge is -2.07. The van der Waals surface area contributed by atoms with E-state index in [0.717, 1.165) is 18.2 Å². The molecule has 1 heterocycles. The van der Waals surface area contributed by atoms with Crippen molar-refractivity contribution >= 4 is 21.6 Å². The summed E-state index contributed by atoms with van der Waals surface area (Å²) in [6, 6.07) is 3.14. The molecule has 23 heavy (non-hydrogen) atoms. The molecule has 0 atom stereocenters. The molecule has 126 valence electrons. The van der Waals surface area contributed by atoms with Crippen LogP contribution in [0.4, 0.5) is 4.39 Å². The second kappa shape index (κ2) is 7.37. The number of sulfonamides is 1. The first kappa shape index (κ1) is 17.8. The second-order valence-electron chi connectivity index (χ2n) is 5.28. The van der Waals surface area contributed by atoms with Crippen molar-refractivity contribution in [2.24, 2.45) is 0 Å². The van der Waals surface area contributed by atoms with E-state index in [1.165, 1.54) is 0 Å². The fourth-order valence-electron chi connectivity index (χ4n) is 1.82. The van der Waals surface area contributed by atoms with Crippen molar-refractivity contribution in [2.45, 2.75) is 37.5 Å². The van der Waals surface area contributed by atoms with E-state index in [9.17, 15) is 12.8 Å². The van der Waals surface area contributed by atoms with Gasteiger partial charge in [-0.2, -0.15) is 4.98 Å². The molecule has 2 aromatic rings. The minimum absolute atomic E-state index is 0.152. The summed E-state index contributed by atoms with van der Waals surface area (Å²) in [6.45, 7) is 4.08. The van der Waals surface area contributed by atoms with Crippen molar-refractivity contribution in [3.63, 3.8) is 0 Å². The number of aryl methyl sites for hydroxylation is 1. The standard InChI is InChI=1S/C14H17ClFN3O3S/c1-9(2)14-18-13(22-19-14)4-3-7-17-23(20,21)12-6-5-10(16)8-11(12)15/h5-6,8-9,17H,3-4,7H2,1-2H3. The highest BCUT2D eigenvalue weighted by molar-refractivity contribution is 7.89. The number of halogens is 2. The van der Waals surface area contributed by atoms with Crippen LogP contribution in [0.2, 0.25) is 5.02 Å². The Morgan fingerprint density at radius 3 is 2.74 bits per heavy atom. The molecule has 1 aromatic heterocycles. The Morgan fingerprint density at radius 1 is 1.39 bits per heavy atom. The van der Waals surface area contributed by atoms with Crippen LogP contribution in [0.25, 0.3) is 0 Å². The number of nitrogens with zero attached hydrogens (tertiary/aromatic N) is 2. The summed E-state index contributed by atoms with van der Waals surface area (Å²) >= 11 is 5.76. The van der Waals surface area contributed by atoms with Gasteiger partial charge in [0.25, 0.3) is 0 Å². The third-order valence-corrected chi connectivity index (χ3v) is 4.99. The molecule has 6 nitrogen and oxygen atoms in total. The third-order valence-electron chi connectivity index (χ3n) is 3.04. The first-order chi connectivity index (χ1) is 10.8. The average Bonchev–Trinajstić information content (AvgIpc) is 2.92. The lowest BCUT2D eigenvalue weighted by Crippen LogP contribution is -2.25. The first-order valence-corrected chi connectivity index (χ1v) is 8.93. The van der Waals surface area contributed by atoms with Gasteiger partial charge in [0.2, 0.25) is 15.9 Å². The van der Waals surface area contributed by atoms with Crippen LogP contribution in [-0.2, 0) is 16.4 Å². The van der Waals surface area contributed by atoms with Crippen LogP contribution in [-0.4, -0.2) is 25.1 Å². The van der Waals surface area contributed by atoms with E-state index in [-0.39, 0.29) is 22.4 Å². The SMILES string of the molecule is CC(C)c1noc(CCCNS(=O)(=O)c2ccc(F)cc2Cl)n1. The van der Waals surface area contributed by atoms with E-state index < -0.39 is 15.8 Å². The van der Waals surface area contributed by atoms with Gasteiger partial charge in [-0.1, -0.05) is 30.6 Å². The van der Waals surface area contributed by atoms with Crippen molar-refractivity contribution in [2.75, 3.05) is 6.54 Å². The van der Waals surface area contributed by atoms with Crippen molar-refractivity contribution < 1.29 is 17.3 Å². The Morgan fingerprint density at radius 2 is 2.13 bits per heavy atom. The van der Waals surface area contributed by atoms with Gasteiger partial charge in [0, 0.05) is 18.9 Å². The molecule has 0 aliphatic carbocycles. The predicted octanol–water partition coefficient (Wildman–Crippen LogP) is 2.90. The summed E-state index contributed by atoms with van der Waals surface area (Å²) in [7, 11) is -3.79. The largest absolute Gasteiger partial charge is 0.339 e. The van der Waals surface area contributed by atoms with Gasteiger partial charge in [0.1, 0.15) is 10.7 Å². The summed E-state index contributed by atoms with van der Waals surface area (Å²) in [4.78, 5) is 4.06. The highest BCUT2D eigenvalue weighted by Gasteiger charge is 2.18. The maximum atomic E-state index is 13.0. The minimum Gasteiger partial charge on any atom is -0.339 e.